The molecule has 0 aliphatic heterocycles. The summed E-state index contributed by atoms with van der Waals surface area (Å²) in [6.45, 7) is 1.96. The number of aromatic nitrogens is 3. The molecule has 0 amide bonds. The van der Waals surface area contributed by atoms with Crippen LogP contribution in [0.25, 0.3) is 10.2 Å². The highest BCUT2D eigenvalue weighted by molar-refractivity contribution is 8.02. The highest BCUT2D eigenvalue weighted by Crippen LogP contribution is 2.35. The molecule has 0 spiro atoms. The van der Waals surface area contributed by atoms with E-state index in [9.17, 15) is 0 Å². The largest absolute Gasteiger partial charge is 0.229 e. The summed E-state index contributed by atoms with van der Waals surface area (Å²) < 4.78 is 3.19. The first-order valence-electron chi connectivity index (χ1n) is 4.65. The van der Waals surface area contributed by atoms with Crippen LogP contribution in [0.4, 0.5) is 0 Å². The minimum Gasteiger partial charge on any atom is -0.229 e. The highest BCUT2D eigenvalue weighted by atomic mass is 32.2. The Morgan fingerprint density at radius 1 is 1.06 bits per heavy atom. The van der Waals surface area contributed by atoms with Crippen LogP contribution in [0.2, 0.25) is 0 Å². The minimum atomic E-state index is 0.955. The number of thiazole rings is 1. The zero-order valence-corrected chi connectivity index (χ0v) is 10.8. The molecule has 0 aliphatic rings. The van der Waals surface area contributed by atoms with Crippen molar-refractivity contribution in [2.24, 2.45) is 0 Å². The first-order chi connectivity index (χ1) is 7.81. The molecule has 2 aromatic heterocycles. The zero-order valence-electron chi connectivity index (χ0n) is 8.38. The molecule has 0 saturated carbocycles. The summed E-state index contributed by atoms with van der Waals surface area (Å²) in [7, 11) is 0. The third kappa shape index (κ3) is 1.95. The molecule has 2 heterocycles. The lowest BCUT2D eigenvalue weighted by atomic mass is 10.3. The van der Waals surface area contributed by atoms with E-state index in [1.807, 2.05) is 25.1 Å². The fourth-order valence-corrected chi connectivity index (χ4v) is 4.37. The lowest BCUT2D eigenvalue weighted by Crippen LogP contribution is -1.71. The standard InChI is InChI=1S/C10H7N3S3/c1-6-12-13-10(14-6)16-9-11-7-4-2-3-5-8(7)15-9/h2-5H,1H3. The Kier molecular flexibility index (Phi) is 2.62. The Labute approximate surface area is 105 Å². The van der Waals surface area contributed by atoms with Crippen molar-refractivity contribution in [1.82, 2.24) is 15.2 Å². The maximum Gasteiger partial charge on any atom is 0.181 e. The zero-order chi connectivity index (χ0) is 11.0. The van der Waals surface area contributed by atoms with Crippen LogP contribution in [0, 0.1) is 6.92 Å². The second-order valence-electron chi connectivity index (χ2n) is 3.14. The summed E-state index contributed by atoms with van der Waals surface area (Å²) >= 11 is 4.88. The molecule has 80 valence electrons. The topological polar surface area (TPSA) is 38.7 Å². The van der Waals surface area contributed by atoms with E-state index >= 15 is 0 Å². The van der Waals surface area contributed by atoms with Crippen molar-refractivity contribution in [2.75, 3.05) is 0 Å². The predicted octanol–water partition coefficient (Wildman–Crippen LogP) is 3.61. The van der Waals surface area contributed by atoms with Gasteiger partial charge in [0.25, 0.3) is 0 Å². The Hall–Kier alpha value is -0.980. The van der Waals surface area contributed by atoms with Crippen molar-refractivity contribution in [3.8, 4) is 0 Å². The lowest BCUT2D eigenvalue weighted by molar-refractivity contribution is 0.983. The summed E-state index contributed by atoms with van der Waals surface area (Å²) in [4.78, 5) is 4.54. The Morgan fingerprint density at radius 3 is 2.69 bits per heavy atom. The molecule has 3 nitrogen and oxygen atoms in total. The molecular weight excluding hydrogens is 258 g/mol. The van der Waals surface area contributed by atoms with Crippen molar-refractivity contribution >= 4 is 44.7 Å². The number of para-hydroxylation sites is 1. The summed E-state index contributed by atoms with van der Waals surface area (Å²) in [5.74, 6) is 0. The van der Waals surface area contributed by atoms with E-state index in [-0.39, 0.29) is 0 Å². The quantitative estimate of drug-likeness (QED) is 0.709. The summed E-state index contributed by atoms with van der Waals surface area (Å²) in [5, 5.41) is 9.06. The molecule has 0 aliphatic carbocycles. The van der Waals surface area contributed by atoms with Crippen LogP contribution in [0.1, 0.15) is 5.01 Å². The first kappa shape index (κ1) is 10.2. The van der Waals surface area contributed by atoms with Gasteiger partial charge in [0, 0.05) is 0 Å². The van der Waals surface area contributed by atoms with Crippen LogP contribution in [0.3, 0.4) is 0 Å². The number of hydrogen-bond donors (Lipinski definition) is 0. The van der Waals surface area contributed by atoms with E-state index in [0.29, 0.717) is 0 Å². The number of nitrogens with zero attached hydrogens (tertiary/aromatic N) is 3. The lowest BCUT2D eigenvalue weighted by Gasteiger charge is -1.86. The van der Waals surface area contributed by atoms with Gasteiger partial charge in [-0.2, -0.15) is 0 Å². The van der Waals surface area contributed by atoms with E-state index in [1.165, 1.54) is 4.70 Å². The molecule has 0 fully saturated rings. The third-order valence-corrected chi connectivity index (χ3v) is 4.94. The number of hydrogen-bond acceptors (Lipinski definition) is 6. The second-order valence-corrected chi connectivity index (χ2v) is 6.84. The number of fused-ring (bicyclic) bond motifs is 1. The van der Waals surface area contributed by atoms with Gasteiger partial charge in [0.2, 0.25) is 0 Å². The minimum absolute atomic E-state index is 0.955. The summed E-state index contributed by atoms with van der Waals surface area (Å²) in [6.07, 6.45) is 0. The van der Waals surface area contributed by atoms with Crippen molar-refractivity contribution in [2.45, 2.75) is 15.6 Å². The second kappa shape index (κ2) is 4.12. The number of benzene rings is 1. The maximum absolute atomic E-state index is 4.54. The molecule has 0 bridgehead atoms. The van der Waals surface area contributed by atoms with Crippen molar-refractivity contribution in [3.63, 3.8) is 0 Å². The maximum atomic E-state index is 4.54. The number of aryl methyl sites for hydroxylation is 1. The van der Waals surface area contributed by atoms with Crippen LogP contribution >= 0.6 is 34.4 Å². The Bertz CT molecular complexity index is 596. The smallest absolute Gasteiger partial charge is 0.181 e. The van der Waals surface area contributed by atoms with Crippen molar-refractivity contribution < 1.29 is 0 Å². The van der Waals surface area contributed by atoms with Crippen LogP contribution < -0.4 is 0 Å². The van der Waals surface area contributed by atoms with E-state index in [2.05, 4.69) is 21.2 Å². The molecule has 3 rings (SSSR count). The van der Waals surface area contributed by atoms with Crippen molar-refractivity contribution in [3.05, 3.63) is 29.3 Å². The van der Waals surface area contributed by atoms with Gasteiger partial charge in [0.15, 0.2) is 8.68 Å². The van der Waals surface area contributed by atoms with Gasteiger partial charge in [-0.15, -0.1) is 21.5 Å². The molecule has 1 aromatic carbocycles. The van der Waals surface area contributed by atoms with Crippen LogP contribution in [0.5, 0.6) is 0 Å². The van der Waals surface area contributed by atoms with E-state index in [4.69, 9.17) is 0 Å². The molecular formula is C10H7N3S3. The molecule has 6 heteroatoms. The SMILES string of the molecule is Cc1nnc(Sc2nc3ccccc3s2)s1. The molecule has 0 N–H and O–H groups in total. The average Bonchev–Trinajstić information content (AvgIpc) is 2.84. The normalized spacial score (nSPS) is 11.1. The van der Waals surface area contributed by atoms with Crippen molar-refractivity contribution in [1.29, 1.82) is 0 Å². The fourth-order valence-electron chi connectivity index (χ4n) is 1.29. The van der Waals surface area contributed by atoms with Crippen LogP contribution in [-0.2, 0) is 0 Å². The van der Waals surface area contributed by atoms with Gasteiger partial charge in [-0.25, -0.2) is 4.98 Å². The first-order valence-corrected chi connectivity index (χ1v) is 7.10. The van der Waals surface area contributed by atoms with Crippen LogP contribution in [0.15, 0.2) is 32.9 Å². The molecule has 0 unspecified atom stereocenters. The van der Waals surface area contributed by atoms with Gasteiger partial charge in [-0.05, 0) is 30.8 Å². The van der Waals surface area contributed by atoms with Gasteiger partial charge >= 0.3 is 0 Å². The van der Waals surface area contributed by atoms with Gasteiger partial charge in [0.1, 0.15) is 5.01 Å². The molecule has 0 saturated heterocycles. The average molecular weight is 265 g/mol. The molecule has 0 radical (unpaired) electrons. The van der Waals surface area contributed by atoms with Gasteiger partial charge in [-0.1, -0.05) is 23.5 Å². The monoisotopic (exact) mass is 265 g/mol. The van der Waals surface area contributed by atoms with E-state index in [0.717, 1.165) is 19.2 Å². The summed E-state index contributed by atoms with van der Waals surface area (Å²) in [5.41, 5.74) is 1.05. The molecule has 0 atom stereocenters. The van der Waals surface area contributed by atoms with E-state index in [1.54, 1.807) is 34.4 Å². The summed E-state index contributed by atoms with van der Waals surface area (Å²) in [6, 6.07) is 8.15. The highest BCUT2D eigenvalue weighted by Gasteiger charge is 2.08. The van der Waals surface area contributed by atoms with Crippen LogP contribution in [-0.4, -0.2) is 15.2 Å². The number of rotatable bonds is 2. The predicted molar refractivity (Wildman–Crippen MR) is 68.4 cm³/mol. The van der Waals surface area contributed by atoms with E-state index < -0.39 is 0 Å². The van der Waals surface area contributed by atoms with Gasteiger partial charge in [-0.3, -0.25) is 0 Å². The van der Waals surface area contributed by atoms with Gasteiger partial charge in [0.05, 0.1) is 10.2 Å². The fraction of sp³-hybridized carbons (Fsp3) is 0.100. The Morgan fingerprint density at radius 2 is 1.94 bits per heavy atom. The molecule has 16 heavy (non-hydrogen) atoms. The third-order valence-electron chi connectivity index (χ3n) is 1.96. The Balaban J connectivity index is 1.95. The van der Waals surface area contributed by atoms with Gasteiger partial charge < -0.3 is 0 Å². The molecule has 3 aromatic rings.